The Labute approximate surface area is 106 Å². The highest BCUT2D eigenvalue weighted by Gasteiger charge is 2.20. The number of hydrogen-bond acceptors (Lipinski definition) is 5. The lowest BCUT2D eigenvalue weighted by atomic mass is 10.1. The van der Waals surface area contributed by atoms with Crippen molar-refractivity contribution in [3.05, 3.63) is 41.5 Å². The van der Waals surface area contributed by atoms with Gasteiger partial charge < -0.3 is 0 Å². The Hall–Kier alpha value is -1.79. The van der Waals surface area contributed by atoms with Gasteiger partial charge in [0.1, 0.15) is 6.04 Å². The van der Waals surface area contributed by atoms with Crippen LogP contribution in [0.5, 0.6) is 0 Å². The molecule has 0 aliphatic carbocycles. The summed E-state index contributed by atoms with van der Waals surface area (Å²) in [6.07, 6.45) is 4.49. The summed E-state index contributed by atoms with van der Waals surface area (Å²) >= 11 is 0. The highest BCUT2D eigenvalue weighted by atomic mass is 15.4. The first kappa shape index (κ1) is 12.7. The molecule has 2 heterocycles. The predicted octanol–water partition coefficient (Wildman–Crippen LogP) is 0.944. The maximum atomic E-state index is 5.67. The average Bonchev–Trinajstić information content (AvgIpc) is 2.82. The maximum Gasteiger partial charge on any atom is 0.107 e. The number of nitrogens with zero attached hydrogens (tertiary/aromatic N) is 4. The van der Waals surface area contributed by atoms with E-state index in [2.05, 4.69) is 27.6 Å². The molecule has 0 spiro atoms. The van der Waals surface area contributed by atoms with E-state index in [1.165, 1.54) is 0 Å². The number of aromatic nitrogens is 4. The first-order chi connectivity index (χ1) is 8.77. The molecule has 0 amide bonds. The van der Waals surface area contributed by atoms with E-state index in [1.54, 1.807) is 12.4 Å². The second-order valence-electron chi connectivity index (χ2n) is 4.19. The maximum absolute atomic E-state index is 5.67. The second-order valence-corrected chi connectivity index (χ2v) is 4.19. The van der Waals surface area contributed by atoms with Gasteiger partial charge in [0.2, 0.25) is 0 Å². The van der Waals surface area contributed by atoms with Gasteiger partial charge in [0.25, 0.3) is 0 Å². The van der Waals surface area contributed by atoms with Crippen LogP contribution in [0.2, 0.25) is 0 Å². The van der Waals surface area contributed by atoms with Gasteiger partial charge in [-0.25, -0.2) is 10.1 Å². The van der Waals surface area contributed by atoms with Crippen LogP contribution in [0, 0.1) is 6.92 Å². The van der Waals surface area contributed by atoms with E-state index in [0.717, 1.165) is 29.9 Å². The number of nitrogens with two attached hydrogens (primary N) is 1. The van der Waals surface area contributed by atoms with Gasteiger partial charge in [0, 0.05) is 12.7 Å². The zero-order valence-electron chi connectivity index (χ0n) is 10.7. The molecule has 2 aromatic rings. The molecule has 6 nitrogen and oxygen atoms in total. The summed E-state index contributed by atoms with van der Waals surface area (Å²) in [6.45, 7) is 4.93. The van der Waals surface area contributed by atoms with Crippen molar-refractivity contribution in [2.24, 2.45) is 5.84 Å². The third-order valence-electron chi connectivity index (χ3n) is 2.87. The van der Waals surface area contributed by atoms with Gasteiger partial charge >= 0.3 is 0 Å². The number of nitrogens with one attached hydrogen (secondary N) is 1. The van der Waals surface area contributed by atoms with Crippen molar-refractivity contribution in [1.29, 1.82) is 0 Å². The summed E-state index contributed by atoms with van der Waals surface area (Å²) in [7, 11) is 0. The molecule has 1 atom stereocenters. The molecule has 2 aromatic heterocycles. The van der Waals surface area contributed by atoms with Crippen LogP contribution in [0.3, 0.4) is 0 Å². The average molecular weight is 246 g/mol. The van der Waals surface area contributed by atoms with E-state index >= 15 is 0 Å². The molecule has 0 aromatic carbocycles. The lowest BCUT2D eigenvalue weighted by Crippen LogP contribution is -2.32. The lowest BCUT2D eigenvalue weighted by Gasteiger charge is -2.17. The van der Waals surface area contributed by atoms with Crippen LogP contribution >= 0.6 is 0 Å². The minimum Gasteiger partial charge on any atom is -0.270 e. The van der Waals surface area contributed by atoms with E-state index < -0.39 is 0 Å². The Kier molecular flexibility index (Phi) is 4.01. The van der Waals surface area contributed by atoms with E-state index in [0.29, 0.717) is 0 Å². The molecule has 0 saturated heterocycles. The molecule has 0 fully saturated rings. The zero-order valence-corrected chi connectivity index (χ0v) is 10.7. The molecule has 0 aliphatic heterocycles. The molecule has 1 unspecified atom stereocenters. The summed E-state index contributed by atoms with van der Waals surface area (Å²) in [5.74, 6) is 5.67. The van der Waals surface area contributed by atoms with Gasteiger partial charge in [0.05, 0.1) is 17.6 Å². The summed E-state index contributed by atoms with van der Waals surface area (Å²) in [5, 5.41) is 8.03. The molecule has 0 radical (unpaired) electrons. The summed E-state index contributed by atoms with van der Waals surface area (Å²) in [4.78, 5) is 4.40. The van der Waals surface area contributed by atoms with E-state index in [1.807, 2.05) is 23.7 Å². The molecule has 0 aliphatic rings. The van der Waals surface area contributed by atoms with Crippen LogP contribution in [0.1, 0.15) is 36.3 Å². The molecular formula is C12H18N6. The summed E-state index contributed by atoms with van der Waals surface area (Å²) < 4.78 is 1.86. The van der Waals surface area contributed by atoms with Crippen LogP contribution in [0.25, 0.3) is 0 Å². The third kappa shape index (κ3) is 2.39. The Bertz CT molecular complexity index is 507. The van der Waals surface area contributed by atoms with Crippen LogP contribution in [0.15, 0.2) is 24.5 Å². The summed E-state index contributed by atoms with van der Waals surface area (Å²) in [5.41, 5.74) is 5.72. The van der Waals surface area contributed by atoms with Gasteiger partial charge in [-0.1, -0.05) is 18.2 Å². The first-order valence-electron chi connectivity index (χ1n) is 6.04. The van der Waals surface area contributed by atoms with E-state index in [4.69, 9.17) is 5.84 Å². The Morgan fingerprint density at radius 3 is 3.00 bits per heavy atom. The Balaban J connectivity index is 2.39. The van der Waals surface area contributed by atoms with Crippen molar-refractivity contribution in [1.82, 2.24) is 25.4 Å². The van der Waals surface area contributed by atoms with E-state index in [9.17, 15) is 0 Å². The van der Waals surface area contributed by atoms with Gasteiger partial charge in [0.15, 0.2) is 0 Å². The SMILES string of the molecule is CCCn1nncc1C(NN)c1ncccc1C. The number of rotatable bonds is 5. The normalized spacial score (nSPS) is 12.6. The number of pyridine rings is 1. The fourth-order valence-electron chi connectivity index (χ4n) is 1.98. The van der Waals surface area contributed by atoms with Crippen molar-refractivity contribution in [3.8, 4) is 0 Å². The second kappa shape index (κ2) is 5.70. The van der Waals surface area contributed by atoms with Gasteiger partial charge in [-0.3, -0.25) is 10.8 Å². The fourth-order valence-corrected chi connectivity index (χ4v) is 1.98. The largest absolute Gasteiger partial charge is 0.270 e. The number of hydrazine groups is 1. The highest BCUT2D eigenvalue weighted by molar-refractivity contribution is 5.27. The number of hydrogen-bond donors (Lipinski definition) is 2. The van der Waals surface area contributed by atoms with Crippen molar-refractivity contribution in [2.75, 3.05) is 0 Å². The van der Waals surface area contributed by atoms with Crippen LogP contribution < -0.4 is 11.3 Å². The molecular weight excluding hydrogens is 228 g/mol. The van der Waals surface area contributed by atoms with Crippen LogP contribution in [0.4, 0.5) is 0 Å². The third-order valence-corrected chi connectivity index (χ3v) is 2.87. The molecule has 0 saturated carbocycles. The molecule has 2 rings (SSSR count). The van der Waals surface area contributed by atoms with Gasteiger partial charge in [-0.15, -0.1) is 5.10 Å². The van der Waals surface area contributed by atoms with Crippen LogP contribution in [-0.4, -0.2) is 20.0 Å². The Morgan fingerprint density at radius 2 is 2.33 bits per heavy atom. The van der Waals surface area contributed by atoms with Crippen molar-refractivity contribution < 1.29 is 0 Å². The van der Waals surface area contributed by atoms with Crippen LogP contribution in [-0.2, 0) is 6.54 Å². The monoisotopic (exact) mass is 246 g/mol. The quantitative estimate of drug-likeness (QED) is 0.606. The predicted molar refractivity (Wildman–Crippen MR) is 68.5 cm³/mol. The van der Waals surface area contributed by atoms with E-state index in [-0.39, 0.29) is 6.04 Å². The number of aryl methyl sites for hydroxylation is 2. The van der Waals surface area contributed by atoms with Crippen molar-refractivity contribution in [3.63, 3.8) is 0 Å². The van der Waals surface area contributed by atoms with Gasteiger partial charge in [-0.05, 0) is 25.0 Å². The fraction of sp³-hybridized carbons (Fsp3) is 0.417. The molecule has 18 heavy (non-hydrogen) atoms. The smallest absolute Gasteiger partial charge is 0.107 e. The zero-order chi connectivity index (χ0) is 13.0. The standard InChI is InChI=1S/C12H18N6/c1-3-7-18-10(8-15-17-18)12(16-13)11-9(2)5-4-6-14-11/h4-6,8,12,16H,3,7,13H2,1-2H3. The lowest BCUT2D eigenvalue weighted by molar-refractivity contribution is 0.506. The highest BCUT2D eigenvalue weighted by Crippen LogP contribution is 2.21. The Morgan fingerprint density at radius 1 is 1.50 bits per heavy atom. The molecule has 3 N–H and O–H groups in total. The van der Waals surface area contributed by atoms with Crippen molar-refractivity contribution >= 4 is 0 Å². The molecule has 96 valence electrons. The minimum absolute atomic E-state index is 0.187. The molecule has 0 bridgehead atoms. The van der Waals surface area contributed by atoms with Gasteiger partial charge in [-0.2, -0.15) is 0 Å². The molecule has 6 heteroatoms. The minimum atomic E-state index is -0.187. The first-order valence-corrected chi connectivity index (χ1v) is 6.04. The topological polar surface area (TPSA) is 81.7 Å². The summed E-state index contributed by atoms with van der Waals surface area (Å²) in [6, 6.07) is 3.74. The van der Waals surface area contributed by atoms with Crippen molar-refractivity contribution in [2.45, 2.75) is 32.9 Å².